The van der Waals surface area contributed by atoms with Crippen LogP contribution < -0.4 is 5.32 Å². The van der Waals surface area contributed by atoms with Crippen molar-refractivity contribution in [2.45, 2.75) is 18.7 Å². The number of nitrogens with zero attached hydrogens (tertiary/aromatic N) is 1. The highest BCUT2D eigenvalue weighted by Crippen LogP contribution is 2.38. The minimum Gasteiger partial charge on any atom is -0.308 e. The normalized spacial score (nSPS) is 17.3. The van der Waals surface area contributed by atoms with Crippen LogP contribution >= 0.6 is 11.8 Å². The highest BCUT2D eigenvalue weighted by atomic mass is 32.2. The molecule has 1 heterocycles. The molecule has 1 atom stereocenters. The van der Waals surface area contributed by atoms with Gasteiger partial charge in [0.25, 0.3) is 0 Å². The molecule has 1 fully saturated rings. The lowest BCUT2D eigenvalue weighted by Crippen LogP contribution is -2.34. The van der Waals surface area contributed by atoms with Crippen LogP contribution in [0.1, 0.15) is 23.4 Å². The van der Waals surface area contributed by atoms with Crippen molar-refractivity contribution in [3.63, 3.8) is 0 Å². The lowest BCUT2D eigenvalue weighted by molar-refractivity contribution is 0.214. The number of urea groups is 1. The highest BCUT2D eigenvalue weighted by molar-refractivity contribution is 7.99. The first-order chi connectivity index (χ1) is 11.2. The molecule has 1 aliphatic rings. The molecule has 0 bridgehead atoms. The van der Waals surface area contributed by atoms with Crippen LogP contribution in [0.4, 0.5) is 14.9 Å². The monoisotopic (exact) mass is 330 g/mol. The number of amides is 2. The van der Waals surface area contributed by atoms with Gasteiger partial charge in [0.05, 0.1) is 0 Å². The number of carbonyl (C=O) groups excluding carboxylic acids is 1. The van der Waals surface area contributed by atoms with Crippen LogP contribution in [-0.4, -0.2) is 23.2 Å². The van der Waals surface area contributed by atoms with E-state index in [1.165, 1.54) is 17.7 Å². The van der Waals surface area contributed by atoms with Gasteiger partial charge in [-0.1, -0.05) is 31.2 Å². The summed E-state index contributed by atoms with van der Waals surface area (Å²) in [7, 11) is 0. The number of halogens is 1. The van der Waals surface area contributed by atoms with E-state index in [0.717, 1.165) is 23.4 Å². The third-order valence-corrected chi connectivity index (χ3v) is 5.13. The van der Waals surface area contributed by atoms with Crippen molar-refractivity contribution in [1.29, 1.82) is 0 Å². The third kappa shape index (κ3) is 3.67. The summed E-state index contributed by atoms with van der Waals surface area (Å²) >= 11 is 1.66. The minimum atomic E-state index is -0.272. The summed E-state index contributed by atoms with van der Waals surface area (Å²) in [5.41, 5.74) is 2.80. The van der Waals surface area contributed by atoms with Crippen molar-refractivity contribution in [2.75, 3.05) is 17.6 Å². The number of hydrogen-bond acceptors (Lipinski definition) is 2. The van der Waals surface area contributed by atoms with Crippen molar-refractivity contribution in [3.05, 3.63) is 65.5 Å². The van der Waals surface area contributed by atoms with Gasteiger partial charge in [0, 0.05) is 18.0 Å². The molecule has 1 N–H and O–H groups in total. The van der Waals surface area contributed by atoms with Gasteiger partial charge >= 0.3 is 6.03 Å². The molecule has 120 valence electrons. The molecule has 0 radical (unpaired) electrons. The molecule has 0 aromatic heterocycles. The molecule has 23 heavy (non-hydrogen) atoms. The minimum absolute atomic E-state index is 0.139. The summed E-state index contributed by atoms with van der Waals surface area (Å²) in [4.78, 5) is 14.4. The maximum Gasteiger partial charge on any atom is 0.323 e. The first-order valence-electron chi connectivity index (χ1n) is 7.71. The zero-order valence-corrected chi connectivity index (χ0v) is 13.8. The van der Waals surface area contributed by atoms with Crippen LogP contribution in [0.3, 0.4) is 0 Å². The van der Waals surface area contributed by atoms with E-state index in [1.807, 2.05) is 30.3 Å². The van der Waals surface area contributed by atoms with Crippen LogP contribution in [0, 0.1) is 5.82 Å². The Morgan fingerprint density at radius 1 is 1.30 bits per heavy atom. The smallest absolute Gasteiger partial charge is 0.308 e. The Morgan fingerprint density at radius 2 is 2.13 bits per heavy atom. The Balaban J connectivity index is 1.75. The molecule has 1 aliphatic heterocycles. The summed E-state index contributed by atoms with van der Waals surface area (Å²) < 4.78 is 13.5. The van der Waals surface area contributed by atoms with Crippen LogP contribution in [0.2, 0.25) is 0 Å². The lowest BCUT2D eigenvalue weighted by Gasteiger charge is -2.24. The van der Waals surface area contributed by atoms with Crippen molar-refractivity contribution in [2.24, 2.45) is 0 Å². The summed E-state index contributed by atoms with van der Waals surface area (Å²) in [6.07, 6.45) is 0.926. The first kappa shape index (κ1) is 15.9. The van der Waals surface area contributed by atoms with Gasteiger partial charge in [0.2, 0.25) is 0 Å². The lowest BCUT2D eigenvalue weighted by atomic mass is 10.1. The standard InChI is InChI=1S/C18H19FN2OS/c1-2-13-5-3-8-16(11-13)20-18(22)21-9-10-23-17(21)14-6-4-7-15(19)12-14/h3-8,11-12,17H,2,9-10H2,1H3,(H,20,22). The number of aryl methyl sites for hydroxylation is 1. The molecular formula is C18H19FN2OS. The van der Waals surface area contributed by atoms with Gasteiger partial charge < -0.3 is 10.2 Å². The van der Waals surface area contributed by atoms with Gasteiger partial charge in [0.1, 0.15) is 11.2 Å². The quantitative estimate of drug-likeness (QED) is 0.887. The third-order valence-electron chi connectivity index (χ3n) is 3.87. The molecule has 0 aliphatic carbocycles. The highest BCUT2D eigenvalue weighted by Gasteiger charge is 2.30. The van der Waals surface area contributed by atoms with Crippen LogP contribution in [-0.2, 0) is 6.42 Å². The maximum absolute atomic E-state index is 13.5. The summed E-state index contributed by atoms with van der Waals surface area (Å²) in [6, 6.07) is 14.2. The topological polar surface area (TPSA) is 32.3 Å². The fourth-order valence-corrected chi connectivity index (χ4v) is 3.92. The zero-order valence-electron chi connectivity index (χ0n) is 13.0. The predicted molar refractivity (Wildman–Crippen MR) is 93.1 cm³/mol. The molecule has 1 saturated heterocycles. The van der Waals surface area contributed by atoms with E-state index in [9.17, 15) is 9.18 Å². The largest absolute Gasteiger partial charge is 0.323 e. The maximum atomic E-state index is 13.5. The second-order valence-electron chi connectivity index (χ2n) is 5.46. The summed E-state index contributed by atoms with van der Waals surface area (Å²) in [5.74, 6) is 0.579. The SMILES string of the molecule is CCc1cccc(NC(=O)N2CCSC2c2cccc(F)c2)c1. The van der Waals surface area contributed by atoms with Gasteiger partial charge in [-0.05, 0) is 41.8 Å². The molecule has 1 unspecified atom stereocenters. The number of thioether (sulfide) groups is 1. The van der Waals surface area contributed by atoms with Crippen LogP contribution in [0.5, 0.6) is 0 Å². The molecule has 5 heteroatoms. The Hall–Kier alpha value is -2.01. The number of benzene rings is 2. The number of nitrogens with one attached hydrogen (secondary N) is 1. The van der Waals surface area contributed by atoms with Gasteiger partial charge in [-0.2, -0.15) is 0 Å². The van der Waals surface area contributed by atoms with Crippen molar-refractivity contribution in [3.8, 4) is 0 Å². The van der Waals surface area contributed by atoms with Gasteiger partial charge in [-0.3, -0.25) is 0 Å². The van der Waals surface area contributed by atoms with E-state index < -0.39 is 0 Å². The first-order valence-corrected chi connectivity index (χ1v) is 8.76. The van der Waals surface area contributed by atoms with Gasteiger partial charge in [0.15, 0.2) is 0 Å². The molecule has 2 amide bonds. The fourth-order valence-electron chi connectivity index (χ4n) is 2.68. The molecular weight excluding hydrogens is 311 g/mol. The van der Waals surface area contributed by atoms with Crippen molar-refractivity contribution >= 4 is 23.5 Å². The number of rotatable bonds is 3. The van der Waals surface area contributed by atoms with Crippen molar-refractivity contribution in [1.82, 2.24) is 4.90 Å². The van der Waals surface area contributed by atoms with E-state index in [1.54, 1.807) is 22.7 Å². The molecule has 3 nitrogen and oxygen atoms in total. The van der Waals surface area contributed by atoms with E-state index in [0.29, 0.717) is 6.54 Å². The second kappa shape index (κ2) is 7.04. The van der Waals surface area contributed by atoms with Gasteiger partial charge in [-0.15, -0.1) is 11.8 Å². The Morgan fingerprint density at radius 3 is 2.91 bits per heavy atom. The number of anilines is 1. The fraction of sp³-hybridized carbons (Fsp3) is 0.278. The second-order valence-corrected chi connectivity index (χ2v) is 6.64. The molecule has 2 aromatic rings. The molecule has 3 rings (SSSR count). The molecule has 2 aromatic carbocycles. The Bertz CT molecular complexity index is 707. The predicted octanol–water partition coefficient (Wildman–Crippen LogP) is 4.67. The summed E-state index contributed by atoms with van der Waals surface area (Å²) in [5, 5.41) is 2.81. The van der Waals surface area contributed by atoms with E-state index in [-0.39, 0.29) is 17.2 Å². The van der Waals surface area contributed by atoms with Crippen LogP contribution in [0.15, 0.2) is 48.5 Å². The van der Waals surface area contributed by atoms with Crippen LogP contribution in [0.25, 0.3) is 0 Å². The number of hydrogen-bond donors (Lipinski definition) is 1. The zero-order chi connectivity index (χ0) is 16.2. The van der Waals surface area contributed by atoms with Crippen molar-refractivity contribution < 1.29 is 9.18 Å². The van der Waals surface area contributed by atoms with E-state index in [2.05, 4.69) is 12.2 Å². The Labute approximate surface area is 139 Å². The average molecular weight is 330 g/mol. The summed E-state index contributed by atoms with van der Waals surface area (Å²) in [6.45, 7) is 2.74. The Kier molecular flexibility index (Phi) is 4.86. The molecule has 0 spiro atoms. The van der Waals surface area contributed by atoms with E-state index in [4.69, 9.17) is 0 Å². The van der Waals surface area contributed by atoms with E-state index >= 15 is 0 Å². The van der Waals surface area contributed by atoms with Gasteiger partial charge in [-0.25, -0.2) is 9.18 Å². The average Bonchev–Trinajstić information content (AvgIpc) is 3.05. The number of carbonyl (C=O) groups is 1. The molecule has 0 saturated carbocycles.